The largest absolute Gasteiger partial charge is 0.396 e. The molecule has 5 nitrogen and oxygen atoms in total. The van der Waals surface area contributed by atoms with Gasteiger partial charge in [-0.05, 0) is 40.2 Å². The van der Waals surface area contributed by atoms with E-state index in [2.05, 4.69) is 26.2 Å². The second-order valence-corrected chi connectivity index (χ2v) is 6.14. The van der Waals surface area contributed by atoms with E-state index in [9.17, 15) is 9.00 Å². The number of amides is 1. The normalized spacial score (nSPS) is 11.8. The van der Waals surface area contributed by atoms with Crippen LogP contribution in [0.4, 0.5) is 11.4 Å². The molecule has 1 aromatic heterocycles. The SMILES string of the molecule is Nc1cccnc1S(=O)CC(=O)Nc1ccccc1Br. The van der Waals surface area contributed by atoms with Gasteiger partial charge in [-0.2, -0.15) is 0 Å². The molecule has 2 aromatic rings. The third kappa shape index (κ3) is 3.64. The summed E-state index contributed by atoms with van der Waals surface area (Å²) < 4.78 is 12.8. The smallest absolute Gasteiger partial charge is 0.237 e. The van der Waals surface area contributed by atoms with Crippen LogP contribution in [0.25, 0.3) is 0 Å². The van der Waals surface area contributed by atoms with Crippen LogP contribution in [0, 0.1) is 0 Å². The van der Waals surface area contributed by atoms with Gasteiger partial charge in [-0.25, -0.2) is 4.98 Å². The lowest BCUT2D eigenvalue weighted by molar-refractivity contribution is -0.113. The van der Waals surface area contributed by atoms with Gasteiger partial charge in [0.15, 0.2) is 5.03 Å². The molecule has 1 unspecified atom stereocenters. The van der Waals surface area contributed by atoms with Crippen molar-refractivity contribution >= 4 is 44.0 Å². The Morgan fingerprint density at radius 1 is 1.30 bits per heavy atom. The minimum absolute atomic E-state index is 0.192. The lowest BCUT2D eigenvalue weighted by Crippen LogP contribution is -2.20. The van der Waals surface area contributed by atoms with Gasteiger partial charge < -0.3 is 11.1 Å². The maximum absolute atomic E-state index is 12.0. The lowest BCUT2D eigenvalue weighted by Gasteiger charge is -2.07. The standard InChI is InChI=1S/C13H12BrN3O2S/c14-9-4-1-2-6-11(9)17-12(18)8-20(19)13-10(15)5-3-7-16-13/h1-7H,8,15H2,(H,17,18). The number of nitrogens with zero attached hydrogens (tertiary/aromatic N) is 1. The lowest BCUT2D eigenvalue weighted by atomic mass is 10.3. The van der Waals surface area contributed by atoms with Crippen molar-refractivity contribution in [3.05, 3.63) is 47.1 Å². The van der Waals surface area contributed by atoms with Gasteiger partial charge in [0.2, 0.25) is 5.91 Å². The number of nitrogens with one attached hydrogen (secondary N) is 1. The molecule has 1 atom stereocenters. The summed E-state index contributed by atoms with van der Waals surface area (Å²) in [6, 6.07) is 10.5. The van der Waals surface area contributed by atoms with E-state index in [1.165, 1.54) is 6.20 Å². The molecule has 0 aliphatic heterocycles. The minimum Gasteiger partial charge on any atom is -0.396 e. The molecule has 7 heteroatoms. The van der Waals surface area contributed by atoms with Crippen LogP contribution in [0.1, 0.15) is 0 Å². The molecular formula is C13H12BrN3O2S. The molecule has 0 aliphatic carbocycles. The van der Waals surface area contributed by atoms with Crippen LogP contribution < -0.4 is 11.1 Å². The molecule has 0 aliphatic rings. The van der Waals surface area contributed by atoms with Crippen molar-refractivity contribution in [2.24, 2.45) is 0 Å². The highest BCUT2D eigenvalue weighted by Crippen LogP contribution is 2.21. The molecule has 1 aromatic carbocycles. The number of para-hydroxylation sites is 1. The number of aromatic nitrogens is 1. The first kappa shape index (κ1) is 14.7. The second-order valence-electron chi connectivity index (χ2n) is 3.92. The molecule has 1 heterocycles. The molecule has 0 fully saturated rings. The molecule has 1 amide bonds. The Hall–Kier alpha value is -1.73. The van der Waals surface area contributed by atoms with Crippen LogP contribution in [0.5, 0.6) is 0 Å². The monoisotopic (exact) mass is 353 g/mol. The average Bonchev–Trinajstić information content (AvgIpc) is 2.41. The van der Waals surface area contributed by atoms with E-state index in [1.54, 1.807) is 24.3 Å². The predicted molar refractivity (Wildman–Crippen MR) is 82.7 cm³/mol. The van der Waals surface area contributed by atoms with Crippen molar-refractivity contribution in [3.63, 3.8) is 0 Å². The molecule has 104 valence electrons. The van der Waals surface area contributed by atoms with Crippen LogP contribution in [0.2, 0.25) is 0 Å². The van der Waals surface area contributed by atoms with Gasteiger partial charge >= 0.3 is 0 Å². The first-order chi connectivity index (χ1) is 9.58. The van der Waals surface area contributed by atoms with Crippen LogP contribution in [-0.2, 0) is 15.6 Å². The number of anilines is 2. The third-order valence-electron chi connectivity index (χ3n) is 2.43. The zero-order valence-electron chi connectivity index (χ0n) is 10.4. The summed E-state index contributed by atoms with van der Waals surface area (Å²) in [4.78, 5) is 15.8. The Labute approximate surface area is 127 Å². The first-order valence-electron chi connectivity index (χ1n) is 5.71. The second kappa shape index (κ2) is 6.62. The fraction of sp³-hybridized carbons (Fsp3) is 0.0769. The summed E-state index contributed by atoms with van der Waals surface area (Å²) >= 11 is 3.32. The summed E-state index contributed by atoms with van der Waals surface area (Å²) in [7, 11) is -1.57. The van der Waals surface area contributed by atoms with Crippen molar-refractivity contribution in [3.8, 4) is 0 Å². The fourth-order valence-corrected chi connectivity index (χ4v) is 2.87. The molecule has 0 bridgehead atoms. The van der Waals surface area contributed by atoms with Gasteiger partial charge in [-0.3, -0.25) is 9.00 Å². The molecule has 0 spiro atoms. The highest BCUT2D eigenvalue weighted by Gasteiger charge is 2.14. The van der Waals surface area contributed by atoms with Crippen molar-refractivity contribution in [2.45, 2.75) is 5.03 Å². The summed E-state index contributed by atoms with van der Waals surface area (Å²) in [5.74, 6) is -0.553. The Morgan fingerprint density at radius 3 is 2.75 bits per heavy atom. The van der Waals surface area contributed by atoms with E-state index in [1.807, 2.05) is 12.1 Å². The number of pyridine rings is 1. The number of halogens is 1. The van der Waals surface area contributed by atoms with E-state index >= 15 is 0 Å². The van der Waals surface area contributed by atoms with Gasteiger partial charge in [0.1, 0.15) is 5.75 Å². The van der Waals surface area contributed by atoms with Gasteiger partial charge in [-0.15, -0.1) is 0 Å². The van der Waals surface area contributed by atoms with Crippen LogP contribution >= 0.6 is 15.9 Å². The number of hydrogen-bond donors (Lipinski definition) is 2. The number of benzene rings is 1. The predicted octanol–water partition coefficient (Wildman–Crippen LogP) is 2.17. The van der Waals surface area contributed by atoms with Gasteiger partial charge in [0.25, 0.3) is 0 Å². The van der Waals surface area contributed by atoms with Gasteiger partial charge in [0.05, 0.1) is 22.2 Å². The van der Waals surface area contributed by atoms with Gasteiger partial charge in [-0.1, -0.05) is 12.1 Å². The third-order valence-corrected chi connectivity index (χ3v) is 4.41. The molecule has 3 N–H and O–H groups in total. The van der Waals surface area contributed by atoms with E-state index < -0.39 is 10.8 Å². The van der Waals surface area contributed by atoms with E-state index in [4.69, 9.17) is 5.73 Å². The molecule has 0 saturated heterocycles. The number of carbonyl (C=O) groups is 1. The zero-order chi connectivity index (χ0) is 14.5. The van der Waals surface area contributed by atoms with Crippen LogP contribution in [-0.4, -0.2) is 20.9 Å². The summed E-state index contributed by atoms with van der Waals surface area (Å²) in [5.41, 5.74) is 6.63. The highest BCUT2D eigenvalue weighted by atomic mass is 79.9. The fourth-order valence-electron chi connectivity index (χ4n) is 1.53. The number of hydrogen-bond acceptors (Lipinski definition) is 4. The van der Waals surface area contributed by atoms with Crippen molar-refractivity contribution in [1.82, 2.24) is 4.98 Å². The quantitative estimate of drug-likeness (QED) is 0.881. The first-order valence-corrected chi connectivity index (χ1v) is 7.82. The summed E-state index contributed by atoms with van der Waals surface area (Å²) in [5, 5.41) is 2.91. The number of rotatable bonds is 4. The van der Waals surface area contributed by atoms with E-state index in [0.29, 0.717) is 11.4 Å². The Bertz CT molecular complexity index is 664. The summed E-state index contributed by atoms with van der Waals surface area (Å²) in [6.45, 7) is 0. The Morgan fingerprint density at radius 2 is 2.05 bits per heavy atom. The molecule has 0 radical (unpaired) electrons. The Balaban J connectivity index is 2.04. The maximum Gasteiger partial charge on any atom is 0.237 e. The topological polar surface area (TPSA) is 85.1 Å². The average molecular weight is 354 g/mol. The van der Waals surface area contributed by atoms with Crippen LogP contribution in [0.15, 0.2) is 52.1 Å². The summed E-state index contributed by atoms with van der Waals surface area (Å²) in [6.07, 6.45) is 1.50. The molecule has 2 rings (SSSR count). The van der Waals surface area contributed by atoms with Gasteiger partial charge in [0, 0.05) is 10.7 Å². The number of nitrogens with two attached hydrogens (primary N) is 1. The molecular weight excluding hydrogens is 342 g/mol. The van der Waals surface area contributed by atoms with Crippen LogP contribution in [0.3, 0.4) is 0 Å². The minimum atomic E-state index is -1.57. The molecule has 0 saturated carbocycles. The van der Waals surface area contributed by atoms with Crippen molar-refractivity contribution < 1.29 is 9.00 Å². The highest BCUT2D eigenvalue weighted by molar-refractivity contribution is 9.10. The number of nitrogen functional groups attached to an aromatic ring is 1. The van der Waals surface area contributed by atoms with Crippen molar-refractivity contribution in [1.29, 1.82) is 0 Å². The molecule has 20 heavy (non-hydrogen) atoms. The van der Waals surface area contributed by atoms with Crippen molar-refractivity contribution in [2.75, 3.05) is 16.8 Å². The Kier molecular flexibility index (Phi) is 4.86. The number of carbonyl (C=O) groups excluding carboxylic acids is 1. The zero-order valence-corrected chi connectivity index (χ0v) is 12.8. The van der Waals surface area contributed by atoms with E-state index in [0.717, 1.165) is 4.47 Å². The maximum atomic E-state index is 12.0. The van der Waals surface area contributed by atoms with E-state index in [-0.39, 0.29) is 16.7 Å².